The van der Waals surface area contributed by atoms with Crippen LogP contribution in [0.1, 0.15) is 26.9 Å². The molecule has 3 rings (SSSR count). The predicted molar refractivity (Wildman–Crippen MR) is 89.1 cm³/mol. The van der Waals surface area contributed by atoms with Gasteiger partial charge in [0.1, 0.15) is 5.37 Å². The molecule has 2 nitrogen and oxygen atoms in total. The van der Waals surface area contributed by atoms with E-state index in [2.05, 4.69) is 0 Å². The van der Waals surface area contributed by atoms with Gasteiger partial charge in [0.15, 0.2) is 0 Å². The fourth-order valence-electron chi connectivity index (χ4n) is 2.58. The van der Waals surface area contributed by atoms with Gasteiger partial charge in [-0.25, -0.2) is 0 Å². The lowest BCUT2D eigenvalue weighted by molar-refractivity contribution is -0.137. The molecule has 1 saturated heterocycles. The van der Waals surface area contributed by atoms with E-state index in [9.17, 15) is 18.0 Å². The highest BCUT2D eigenvalue weighted by molar-refractivity contribution is 7.99. The van der Waals surface area contributed by atoms with Gasteiger partial charge in [0.2, 0.25) is 0 Å². The van der Waals surface area contributed by atoms with Crippen LogP contribution in [0.2, 0.25) is 5.02 Å². The van der Waals surface area contributed by atoms with Gasteiger partial charge in [-0.15, -0.1) is 11.8 Å². The fourth-order valence-corrected chi connectivity index (χ4v) is 4.03. The highest BCUT2D eigenvalue weighted by Crippen LogP contribution is 2.39. The maximum absolute atomic E-state index is 12.7. The summed E-state index contributed by atoms with van der Waals surface area (Å²) in [6, 6.07) is 11.6. The second-order valence-corrected chi connectivity index (χ2v) is 6.98. The summed E-state index contributed by atoms with van der Waals surface area (Å²) in [5.41, 5.74) is 0.393. The molecular weight excluding hydrogens is 359 g/mol. The van der Waals surface area contributed by atoms with Crippen molar-refractivity contribution < 1.29 is 18.0 Å². The fraction of sp³-hybridized carbons (Fsp3) is 0.235. The second kappa shape index (κ2) is 6.69. The molecule has 0 saturated carbocycles. The second-order valence-electron chi connectivity index (χ2n) is 5.35. The molecule has 0 N–H and O–H groups in total. The molecule has 2 aromatic carbocycles. The number of rotatable bonds is 2. The van der Waals surface area contributed by atoms with Crippen LogP contribution in [-0.4, -0.2) is 23.1 Å². The van der Waals surface area contributed by atoms with Crippen LogP contribution < -0.4 is 0 Å². The van der Waals surface area contributed by atoms with Crippen molar-refractivity contribution >= 4 is 29.3 Å². The summed E-state index contributed by atoms with van der Waals surface area (Å²) in [4.78, 5) is 14.3. The number of carbonyl (C=O) groups excluding carboxylic acids is 1. The summed E-state index contributed by atoms with van der Waals surface area (Å²) in [7, 11) is 0. The number of hydrogen-bond acceptors (Lipinski definition) is 2. The Morgan fingerprint density at radius 3 is 2.50 bits per heavy atom. The molecular formula is C17H13ClF3NOS. The Labute approximate surface area is 146 Å². The number of carbonyl (C=O) groups is 1. The first kappa shape index (κ1) is 17.2. The maximum atomic E-state index is 12.7. The molecule has 0 bridgehead atoms. The van der Waals surface area contributed by atoms with Crippen LogP contribution in [0.4, 0.5) is 13.2 Å². The Balaban J connectivity index is 1.83. The Morgan fingerprint density at radius 1 is 1.17 bits per heavy atom. The lowest BCUT2D eigenvalue weighted by Crippen LogP contribution is -2.30. The standard InChI is InChI=1S/C17H13ClF3NOS/c18-14-3-1-2-12(10-14)16-22(8-9-24-16)15(23)11-4-6-13(7-5-11)17(19,20)21/h1-7,10,16H,8-9H2. The molecule has 1 heterocycles. The first-order chi connectivity index (χ1) is 11.4. The average molecular weight is 372 g/mol. The van der Waals surface area contributed by atoms with Crippen molar-refractivity contribution in [3.05, 3.63) is 70.2 Å². The van der Waals surface area contributed by atoms with Gasteiger partial charge in [0.05, 0.1) is 5.56 Å². The Kier molecular flexibility index (Phi) is 4.78. The van der Waals surface area contributed by atoms with Gasteiger partial charge < -0.3 is 4.90 Å². The summed E-state index contributed by atoms with van der Waals surface area (Å²) in [5.74, 6) is 0.488. The van der Waals surface area contributed by atoms with E-state index in [-0.39, 0.29) is 16.8 Å². The Hall–Kier alpha value is -1.66. The van der Waals surface area contributed by atoms with Gasteiger partial charge in [0, 0.05) is 22.9 Å². The van der Waals surface area contributed by atoms with Crippen molar-refractivity contribution in [2.45, 2.75) is 11.6 Å². The molecule has 0 radical (unpaired) electrons. The van der Waals surface area contributed by atoms with E-state index in [1.165, 1.54) is 12.1 Å². The van der Waals surface area contributed by atoms with Crippen molar-refractivity contribution in [3.8, 4) is 0 Å². The van der Waals surface area contributed by atoms with Crippen LogP contribution in [0, 0.1) is 0 Å². The average Bonchev–Trinajstić information content (AvgIpc) is 3.03. The van der Waals surface area contributed by atoms with Crippen molar-refractivity contribution in [1.82, 2.24) is 4.90 Å². The lowest BCUT2D eigenvalue weighted by atomic mass is 10.1. The zero-order valence-corrected chi connectivity index (χ0v) is 14.0. The van der Waals surface area contributed by atoms with Crippen molar-refractivity contribution in [3.63, 3.8) is 0 Å². The number of hydrogen-bond donors (Lipinski definition) is 0. The SMILES string of the molecule is O=C(c1ccc(C(F)(F)F)cc1)N1CCSC1c1cccc(Cl)c1. The zero-order valence-electron chi connectivity index (χ0n) is 12.4. The minimum atomic E-state index is -4.41. The number of amides is 1. The number of nitrogens with zero attached hydrogens (tertiary/aromatic N) is 1. The minimum absolute atomic E-state index is 0.182. The van der Waals surface area contributed by atoms with Crippen LogP contribution >= 0.6 is 23.4 Å². The number of alkyl halides is 3. The molecule has 126 valence electrons. The Morgan fingerprint density at radius 2 is 1.88 bits per heavy atom. The maximum Gasteiger partial charge on any atom is 0.416 e. The van der Waals surface area contributed by atoms with Crippen molar-refractivity contribution in [2.75, 3.05) is 12.3 Å². The monoisotopic (exact) mass is 371 g/mol. The molecule has 0 aromatic heterocycles. The van der Waals surface area contributed by atoms with E-state index in [1.807, 2.05) is 12.1 Å². The van der Waals surface area contributed by atoms with E-state index in [0.29, 0.717) is 11.6 Å². The van der Waals surface area contributed by atoms with E-state index >= 15 is 0 Å². The van der Waals surface area contributed by atoms with Crippen LogP contribution in [0.15, 0.2) is 48.5 Å². The topological polar surface area (TPSA) is 20.3 Å². The van der Waals surface area contributed by atoms with Gasteiger partial charge >= 0.3 is 6.18 Å². The molecule has 1 fully saturated rings. The molecule has 7 heteroatoms. The number of benzene rings is 2. The van der Waals surface area contributed by atoms with Gasteiger partial charge in [0.25, 0.3) is 5.91 Å². The minimum Gasteiger partial charge on any atom is -0.322 e. The first-order valence-corrected chi connectivity index (χ1v) is 8.64. The van der Waals surface area contributed by atoms with E-state index < -0.39 is 11.7 Å². The summed E-state index contributed by atoms with van der Waals surface area (Å²) in [6.45, 7) is 0.543. The van der Waals surface area contributed by atoms with Crippen molar-refractivity contribution in [2.24, 2.45) is 0 Å². The third-order valence-electron chi connectivity index (χ3n) is 3.74. The molecule has 2 aromatic rings. The molecule has 0 spiro atoms. The quantitative estimate of drug-likeness (QED) is 0.719. The van der Waals surface area contributed by atoms with E-state index in [0.717, 1.165) is 23.4 Å². The van der Waals surface area contributed by atoms with Crippen LogP contribution in [-0.2, 0) is 6.18 Å². The molecule has 1 unspecified atom stereocenters. The highest BCUT2D eigenvalue weighted by atomic mass is 35.5. The number of thioether (sulfide) groups is 1. The molecule has 0 aliphatic carbocycles. The predicted octanol–water partition coefficient (Wildman–Crippen LogP) is 5.25. The molecule has 1 amide bonds. The van der Waals surface area contributed by atoms with Gasteiger partial charge in [-0.2, -0.15) is 13.2 Å². The van der Waals surface area contributed by atoms with Gasteiger partial charge in [-0.1, -0.05) is 23.7 Å². The van der Waals surface area contributed by atoms with Crippen molar-refractivity contribution in [1.29, 1.82) is 0 Å². The molecule has 1 atom stereocenters. The highest BCUT2D eigenvalue weighted by Gasteiger charge is 2.33. The largest absolute Gasteiger partial charge is 0.416 e. The molecule has 1 aliphatic rings. The zero-order chi connectivity index (χ0) is 17.3. The first-order valence-electron chi connectivity index (χ1n) is 7.21. The third-order valence-corrected chi connectivity index (χ3v) is 5.24. The van der Waals surface area contributed by atoms with E-state index in [4.69, 9.17) is 11.6 Å². The van der Waals surface area contributed by atoms with Crippen LogP contribution in [0.3, 0.4) is 0 Å². The van der Waals surface area contributed by atoms with Crippen LogP contribution in [0.25, 0.3) is 0 Å². The lowest BCUT2D eigenvalue weighted by Gasteiger charge is -2.24. The summed E-state index contributed by atoms with van der Waals surface area (Å²) < 4.78 is 37.9. The number of halogens is 4. The third kappa shape index (κ3) is 3.54. The summed E-state index contributed by atoms with van der Waals surface area (Å²) >= 11 is 7.62. The summed E-state index contributed by atoms with van der Waals surface area (Å²) in [5, 5.41) is 0.403. The Bertz CT molecular complexity index is 748. The normalized spacial score (nSPS) is 18.0. The van der Waals surface area contributed by atoms with Gasteiger partial charge in [-0.3, -0.25) is 4.79 Å². The van der Waals surface area contributed by atoms with Gasteiger partial charge in [-0.05, 0) is 42.0 Å². The smallest absolute Gasteiger partial charge is 0.322 e. The molecule has 1 aliphatic heterocycles. The summed E-state index contributed by atoms with van der Waals surface area (Å²) in [6.07, 6.45) is -4.41. The molecule has 24 heavy (non-hydrogen) atoms. The van der Waals surface area contributed by atoms with Crippen LogP contribution in [0.5, 0.6) is 0 Å². The van der Waals surface area contributed by atoms with E-state index in [1.54, 1.807) is 28.8 Å².